The molecule has 0 heterocycles. The third-order valence-corrected chi connectivity index (χ3v) is 9.48. The maximum atomic E-state index is 12.6. The molecule has 0 fully saturated rings. The molecule has 1 unspecified atom stereocenters. The van der Waals surface area contributed by atoms with E-state index in [1.54, 1.807) is 0 Å². The molecular formula is C41H76NO8P. The Labute approximate surface area is 312 Å². The SMILES string of the molecule is CCCCC/C=C\C/C=C\CCCCCCCCCC(=O)O[C@H](COC(=O)CCCCCCC/C=C\CCCCCC)COP(=O)(O)OCCN. The highest BCUT2D eigenvalue weighted by Gasteiger charge is 2.26. The minimum absolute atomic E-state index is 0.0505. The summed E-state index contributed by atoms with van der Waals surface area (Å²) in [7, 11) is -4.38. The molecule has 0 aliphatic rings. The van der Waals surface area contributed by atoms with E-state index in [4.69, 9.17) is 24.3 Å². The number of phosphoric acid groups is 1. The zero-order valence-electron chi connectivity index (χ0n) is 32.6. The van der Waals surface area contributed by atoms with Gasteiger partial charge in [-0.2, -0.15) is 0 Å². The van der Waals surface area contributed by atoms with E-state index in [2.05, 4.69) is 50.3 Å². The predicted molar refractivity (Wildman–Crippen MR) is 210 cm³/mol. The third kappa shape index (κ3) is 37.8. The van der Waals surface area contributed by atoms with Gasteiger partial charge in [-0.3, -0.25) is 18.6 Å². The Morgan fingerprint density at radius 3 is 1.55 bits per heavy atom. The van der Waals surface area contributed by atoms with Crippen molar-refractivity contribution in [3.63, 3.8) is 0 Å². The summed E-state index contributed by atoms with van der Waals surface area (Å²) in [6.07, 6.45) is 40.2. The van der Waals surface area contributed by atoms with Gasteiger partial charge in [0.1, 0.15) is 6.61 Å². The van der Waals surface area contributed by atoms with Crippen molar-refractivity contribution < 1.29 is 37.6 Å². The van der Waals surface area contributed by atoms with Crippen LogP contribution in [0.2, 0.25) is 0 Å². The molecule has 2 atom stereocenters. The third-order valence-electron chi connectivity index (χ3n) is 8.50. The van der Waals surface area contributed by atoms with Crippen molar-refractivity contribution in [2.75, 3.05) is 26.4 Å². The van der Waals surface area contributed by atoms with Gasteiger partial charge in [0, 0.05) is 19.4 Å². The molecule has 0 saturated heterocycles. The van der Waals surface area contributed by atoms with E-state index in [1.807, 2.05) is 0 Å². The van der Waals surface area contributed by atoms with Crippen molar-refractivity contribution in [1.82, 2.24) is 0 Å². The van der Waals surface area contributed by atoms with Crippen LogP contribution < -0.4 is 5.73 Å². The highest BCUT2D eigenvalue weighted by Crippen LogP contribution is 2.43. The first-order valence-electron chi connectivity index (χ1n) is 20.5. The van der Waals surface area contributed by atoms with Gasteiger partial charge in [-0.15, -0.1) is 0 Å². The highest BCUT2D eigenvalue weighted by atomic mass is 31.2. The topological polar surface area (TPSA) is 134 Å². The summed E-state index contributed by atoms with van der Waals surface area (Å²) in [5.41, 5.74) is 5.34. The Bertz CT molecular complexity index is 939. The van der Waals surface area contributed by atoms with Gasteiger partial charge < -0.3 is 20.1 Å². The lowest BCUT2D eigenvalue weighted by atomic mass is 10.1. The number of ether oxygens (including phenoxy) is 2. The van der Waals surface area contributed by atoms with Crippen molar-refractivity contribution >= 4 is 19.8 Å². The van der Waals surface area contributed by atoms with Gasteiger partial charge >= 0.3 is 19.8 Å². The number of nitrogens with two attached hydrogens (primary N) is 1. The number of unbranched alkanes of at least 4 members (excludes halogenated alkanes) is 19. The van der Waals surface area contributed by atoms with Gasteiger partial charge in [0.25, 0.3) is 0 Å². The average molecular weight is 742 g/mol. The van der Waals surface area contributed by atoms with Gasteiger partial charge in [0.15, 0.2) is 6.10 Å². The summed E-state index contributed by atoms with van der Waals surface area (Å²) in [5.74, 6) is -0.848. The van der Waals surface area contributed by atoms with Crippen LogP contribution in [-0.4, -0.2) is 49.3 Å². The van der Waals surface area contributed by atoms with Crippen LogP contribution in [0.3, 0.4) is 0 Å². The molecule has 0 radical (unpaired) electrons. The van der Waals surface area contributed by atoms with Gasteiger partial charge in [0.2, 0.25) is 0 Å². The molecule has 0 aromatic heterocycles. The Balaban J connectivity index is 4.21. The smallest absolute Gasteiger partial charge is 0.462 e. The van der Waals surface area contributed by atoms with Crippen LogP contribution in [0.4, 0.5) is 0 Å². The summed E-state index contributed by atoms with van der Waals surface area (Å²) in [4.78, 5) is 34.8. The van der Waals surface area contributed by atoms with Crippen LogP contribution in [-0.2, 0) is 32.7 Å². The van der Waals surface area contributed by atoms with Gasteiger partial charge in [0.05, 0.1) is 13.2 Å². The standard InChI is InChI=1S/C41H76NO8P/c1-3-5-7-9-11-13-15-17-18-19-20-22-24-26-28-30-32-34-41(44)50-39(38-49-51(45,46)48-36-35-42)37-47-40(43)33-31-29-27-25-23-21-16-14-12-10-8-6-4-2/h11,13-14,16-18,39H,3-10,12,15,19-38,42H2,1-2H3,(H,45,46)/b13-11-,16-14-,18-17-/t39-/m1/s1. The molecule has 3 N–H and O–H groups in total. The predicted octanol–water partition coefficient (Wildman–Crippen LogP) is 11.4. The molecule has 51 heavy (non-hydrogen) atoms. The zero-order chi connectivity index (χ0) is 37.5. The molecule has 0 bridgehead atoms. The number of esters is 2. The molecule has 0 saturated carbocycles. The van der Waals surface area contributed by atoms with Crippen molar-refractivity contribution in [3.05, 3.63) is 36.5 Å². The van der Waals surface area contributed by atoms with Crippen LogP contribution in [0.25, 0.3) is 0 Å². The van der Waals surface area contributed by atoms with E-state index < -0.39 is 32.5 Å². The number of hydrogen-bond acceptors (Lipinski definition) is 8. The summed E-state index contributed by atoms with van der Waals surface area (Å²) >= 11 is 0. The number of rotatable bonds is 38. The molecule has 0 aromatic carbocycles. The van der Waals surface area contributed by atoms with Crippen LogP contribution in [0.5, 0.6) is 0 Å². The first-order valence-corrected chi connectivity index (χ1v) is 22.0. The first kappa shape index (κ1) is 49.2. The second kappa shape index (κ2) is 38.0. The summed E-state index contributed by atoms with van der Waals surface area (Å²) in [5, 5.41) is 0. The second-order valence-corrected chi connectivity index (χ2v) is 14.9. The summed E-state index contributed by atoms with van der Waals surface area (Å²) in [6.45, 7) is 3.67. The van der Waals surface area contributed by atoms with E-state index in [1.165, 1.54) is 77.0 Å². The minimum Gasteiger partial charge on any atom is -0.462 e. The molecule has 0 aromatic rings. The second-order valence-electron chi connectivity index (χ2n) is 13.5. The van der Waals surface area contributed by atoms with Crippen LogP contribution in [0.1, 0.15) is 181 Å². The Kier molecular flexibility index (Phi) is 36.7. The molecular weight excluding hydrogens is 665 g/mol. The first-order chi connectivity index (χ1) is 24.8. The van der Waals surface area contributed by atoms with Crippen molar-refractivity contribution in [2.45, 2.75) is 187 Å². The maximum absolute atomic E-state index is 12.6. The van der Waals surface area contributed by atoms with E-state index in [0.29, 0.717) is 6.42 Å². The lowest BCUT2D eigenvalue weighted by Gasteiger charge is -2.19. The van der Waals surface area contributed by atoms with Gasteiger partial charge in [-0.25, -0.2) is 4.57 Å². The Morgan fingerprint density at radius 1 is 0.588 bits per heavy atom. The van der Waals surface area contributed by atoms with E-state index in [9.17, 15) is 19.0 Å². The number of phosphoric ester groups is 1. The van der Waals surface area contributed by atoms with Crippen LogP contribution in [0.15, 0.2) is 36.5 Å². The summed E-state index contributed by atoms with van der Waals surface area (Å²) < 4.78 is 32.7. The lowest BCUT2D eigenvalue weighted by molar-refractivity contribution is -0.161. The van der Waals surface area contributed by atoms with Crippen molar-refractivity contribution in [2.24, 2.45) is 5.73 Å². The molecule has 0 spiro atoms. The highest BCUT2D eigenvalue weighted by molar-refractivity contribution is 7.47. The van der Waals surface area contributed by atoms with Crippen molar-refractivity contribution in [3.8, 4) is 0 Å². The van der Waals surface area contributed by atoms with E-state index in [-0.39, 0.29) is 32.6 Å². The fourth-order valence-electron chi connectivity index (χ4n) is 5.42. The normalized spacial score (nSPS) is 13.7. The van der Waals surface area contributed by atoms with Gasteiger partial charge in [-0.1, -0.05) is 134 Å². The Hall–Kier alpha value is -1.77. The van der Waals surface area contributed by atoms with Gasteiger partial charge in [-0.05, 0) is 70.6 Å². The van der Waals surface area contributed by atoms with E-state index >= 15 is 0 Å². The molecule has 10 heteroatoms. The monoisotopic (exact) mass is 742 g/mol. The quantitative estimate of drug-likeness (QED) is 0.0274. The average Bonchev–Trinajstić information content (AvgIpc) is 3.11. The lowest BCUT2D eigenvalue weighted by Crippen LogP contribution is -2.29. The number of carbonyl (C=O) groups excluding carboxylic acids is 2. The molecule has 298 valence electrons. The molecule has 9 nitrogen and oxygen atoms in total. The van der Waals surface area contributed by atoms with E-state index in [0.717, 1.165) is 70.6 Å². The molecule has 0 amide bonds. The molecule has 0 aliphatic heterocycles. The summed E-state index contributed by atoms with van der Waals surface area (Å²) in [6, 6.07) is 0. The minimum atomic E-state index is -4.38. The fraction of sp³-hybridized carbons (Fsp3) is 0.805. The molecule has 0 aliphatic carbocycles. The number of allylic oxidation sites excluding steroid dienone is 6. The van der Waals surface area contributed by atoms with Crippen molar-refractivity contribution in [1.29, 1.82) is 0 Å². The maximum Gasteiger partial charge on any atom is 0.472 e. The van der Waals surface area contributed by atoms with Crippen LogP contribution >= 0.6 is 7.82 Å². The van der Waals surface area contributed by atoms with Crippen LogP contribution in [0, 0.1) is 0 Å². The fourth-order valence-corrected chi connectivity index (χ4v) is 6.19. The Morgan fingerprint density at radius 2 is 1.02 bits per heavy atom. The zero-order valence-corrected chi connectivity index (χ0v) is 33.5. The largest absolute Gasteiger partial charge is 0.472 e. The number of hydrogen-bond donors (Lipinski definition) is 2. The number of carbonyl (C=O) groups is 2. The molecule has 0 rings (SSSR count).